The van der Waals surface area contributed by atoms with Crippen molar-refractivity contribution >= 4 is 0 Å². The molecule has 0 amide bonds. The first-order chi connectivity index (χ1) is 8.11. The van der Waals surface area contributed by atoms with Gasteiger partial charge in [-0.15, -0.1) is 0 Å². The predicted molar refractivity (Wildman–Crippen MR) is 73.4 cm³/mol. The lowest BCUT2D eigenvalue weighted by molar-refractivity contribution is -0.0205. The summed E-state index contributed by atoms with van der Waals surface area (Å²) in [5, 5.41) is 3.55. The number of ether oxygens (including phenoxy) is 1. The minimum Gasteiger partial charge on any atom is -0.378 e. The van der Waals surface area contributed by atoms with Crippen molar-refractivity contribution in [2.75, 3.05) is 26.7 Å². The maximum absolute atomic E-state index is 5.85. The third-order valence-electron chi connectivity index (χ3n) is 3.31. The Morgan fingerprint density at radius 2 is 2.00 bits per heavy atom. The summed E-state index contributed by atoms with van der Waals surface area (Å²) in [6.07, 6.45) is 5.31. The molecule has 1 fully saturated rings. The molecule has 1 N–H and O–H groups in total. The summed E-state index contributed by atoms with van der Waals surface area (Å²) in [5.41, 5.74) is 0. The van der Waals surface area contributed by atoms with Gasteiger partial charge in [-0.1, -0.05) is 20.8 Å². The molecule has 0 aromatic rings. The molecule has 3 nitrogen and oxygen atoms in total. The number of nitrogens with zero attached hydrogens (tertiary/aromatic N) is 1. The fourth-order valence-corrected chi connectivity index (χ4v) is 2.39. The molecule has 0 unspecified atom stereocenters. The molecule has 3 heteroatoms. The number of hydrogen-bond donors (Lipinski definition) is 1. The fraction of sp³-hybridized carbons (Fsp3) is 1.00. The lowest BCUT2D eigenvalue weighted by Gasteiger charge is -2.37. The molecular weight excluding hydrogens is 212 g/mol. The van der Waals surface area contributed by atoms with Crippen LogP contribution in [0.2, 0.25) is 0 Å². The fourth-order valence-electron chi connectivity index (χ4n) is 2.39. The summed E-state index contributed by atoms with van der Waals surface area (Å²) in [6, 6.07) is 1.30. The van der Waals surface area contributed by atoms with E-state index in [9.17, 15) is 0 Å². The second-order valence-electron chi connectivity index (χ2n) is 5.64. The van der Waals surface area contributed by atoms with Gasteiger partial charge in [0.15, 0.2) is 0 Å². The van der Waals surface area contributed by atoms with E-state index < -0.39 is 0 Å². The molecule has 1 saturated carbocycles. The van der Waals surface area contributed by atoms with Crippen LogP contribution in [0, 0.1) is 0 Å². The Kier molecular flexibility index (Phi) is 7.09. The van der Waals surface area contributed by atoms with Crippen molar-refractivity contribution in [2.45, 2.75) is 64.6 Å². The first-order valence-electron chi connectivity index (χ1n) is 7.18. The third-order valence-corrected chi connectivity index (χ3v) is 3.31. The van der Waals surface area contributed by atoms with Gasteiger partial charge in [-0.25, -0.2) is 0 Å². The SMILES string of the molecule is CCCN(C)CCCOC1CC(NC(C)C)C1. The molecule has 0 aromatic heterocycles. The van der Waals surface area contributed by atoms with Gasteiger partial charge in [-0.05, 0) is 39.3 Å². The van der Waals surface area contributed by atoms with E-state index in [2.05, 4.69) is 38.0 Å². The van der Waals surface area contributed by atoms with Crippen molar-refractivity contribution in [3.05, 3.63) is 0 Å². The molecule has 0 bridgehead atoms. The Labute approximate surface area is 107 Å². The molecule has 0 aliphatic heterocycles. The molecule has 1 aliphatic rings. The summed E-state index contributed by atoms with van der Waals surface area (Å²) in [7, 11) is 2.19. The predicted octanol–water partition coefficient (Wildman–Crippen LogP) is 2.26. The van der Waals surface area contributed by atoms with Crippen LogP contribution in [0.3, 0.4) is 0 Å². The Bertz CT molecular complexity index is 191. The van der Waals surface area contributed by atoms with Crippen molar-refractivity contribution in [2.24, 2.45) is 0 Å². The summed E-state index contributed by atoms with van der Waals surface area (Å²) < 4.78 is 5.85. The van der Waals surface area contributed by atoms with Crippen LogP contribution in [0.1, 0.15) is 46.5 Å². The molecule has 102 valence electrons. The molecule has 0 heterocycles. The molecule has 0 saturated heterocycles. The Morgan fingerprint density at radius 3 is 2.59 bits per heavy atom. The monoisotopic (exact) mass is 242 g/mol. The van der Waals surface area contributed by atoms with Crippen molar-refractivity contribution in [1.82, 2.24) is 10.2 Å². The quantitative estimate of drug-likeness (QED) is 0.628. The van der Waals surface area contributed by atoms with Gasteiger partial charge in [-0.3, -0.25) is 0 Å². The van der Waals surface area contributed by atoms with Crippen LogP contribution in [0.15, 0.2) is 0 Å². The highest BCUT2D eigenvalue weighted by atomic mass is 16.5. The van der Waals surface area contributed by atoms with Gasteiger partial charge in [-0.2, -0.15) is 0 Å². The topological polar surface area (TPSA) is 24.5 Å². The maximum atomic E-state index is 5.85. The zero-order valence-electron chi connectivity index (χ0n) is 12.0. The highest BCUT2D eigenvalue weighted by molar-refractivity contribution is 4.86. The highest BCUT2D eigenvalue weighted by Crippen LogP contribution is 2.23. The smallest absolute Gasteiger partial charge is 0.0604 e. The Hall–Kier alpha value is -0.120. The van der Waals surface area contributed by atoms with E-state index in [0.29, 0.717) is 18.2 Å². The van der Waals surface area contributed by atoms with Crippen molar-refractivity contribution in [3.8, 4) is 0 Å². The summed E-state index contributed by atoms with van der Waals surface area (Å²) in [5.74, 6) is 0. The lowest BCUT2D eigenvalue weighted by atomic mass is 9.89. The first-order valence-corrected chi connectivity index (χ1v) is 7.18. The van der Waals surface area contributed by atoms with Crippen LogP contribution in [0.4, 0.5) is 0 Å². The maximum Gasteiger partial charge on any atom is 0.0604 e. The van der Waals surface area contributed by atoms with Crippen LogP contribution in [-0.4, -0.2) is 49.8 Å². The Morgan fingerprint density at radius 1 is 1.29 bits per heavy atom. The van der Waals surface area contributed by atoms with Crippen LogP contribution < -0.4 is 5.32 Å². The molecular formula is C14H30N2O. The molecule has 1 aliphatic carbocycles. The molecule has 0 spiro atoms. The number of rotatable bonds is 9. The molecule has 0 aromatic carbocycles. The second-order valence-corrected chi connectivity index (χ2v) is 5.64. The van der Waals surface area contributed by atoms with E-state index in [-0.39, 0.29) is 0 Å². The molecule has 17 heavy (non-hydrogen) atoms. The average molecular weight is 242 g/mol. The van der Waals surface area contributed by atoms with E-state index in [1.165, 1.54) is 25.8 Å². The van der Waals surface area contributed by atoms with E-state index in [0.717, 1.165) is 19.6 Å². The van der Waals surface area contributed by atoms with Crippen LogP contribution in [0.5, 0.6) is 0 Å². The summed E-state index contributed by atoms with van der Waals surface area (Å²) in [4.78, 5) is 2.38. The summed E-state index contributed by atoms with van der Waals surface area (Å²) in [6.45, 7) is 9.92. The van der Waals surface area contributed by atoms with Gasteiger partial charge in [0.2, 0.25) is 0 Å². The minimum atomic E-state index is 0.516. The molecule has 0 radical (unpaired) electrons. The van der Waals surface area contributed by atoms with E-state index in [1.807, 2.05) is 0 Å². The highest BCUT2D eigenvalue weighted by Gasteiger charge is 2.29. The lowest BCUT2D eigenvalue weighted by Crippen LogP contribution is -2.48. The zero-order valence-corrected chi connectivity index (χ0v) is 12.0. The second kappa shape index (κ2) is 8.06. The number of hydrogen-bond acceptors (Lipinski definition) is 3. The van der Waals surface area contributed by atoms with E-state index in [1.54, 1.807) is 0 Å². The summed E-state index contributed by atoms with van der Waals surface area (Å²) >= 11 is 0. The molecule has 0 atom stereocenters. The Balaban J connectivity index is 1.89. The third kappa shape index (κ3) is 6.39. The van der Waals surface area contributed by atoms with Gasteiger partial charge in [0.1, 0.15) is 0 Å². The normalized spacial score (nSPS) is 24.4. The van der Waals surface area contributed by atoms with Crippen molar-refractivity contribution < 1.29 is 4.74 Å². The largest absolute Gasteiger partial charge is 0.378 e. The van der Waals surface area contributed by atoms with Gasteiger partial charge in [0.25, 0.3) is 0 Å². The van der Waals surface area contributed by atoms with Crippen molar-refractivity contribution in [3.63, 3.8) is 0 Å². The van der Waals surface area contributed by atoms with Gasteiger partial charge < -0.3 is 15.0 Å². The first kappa shape index (κ1) is 14.9. The van der Waals surface area contributed by atoms with Gasteiger partial charge >= 0.3 is 0 Å². The van der Waals surface area contributed by atoms with Gasteiger partial charge in [0.05, 0.1) is 6.10 Å². The minimum absolute atomic E-state index is 0.516. The van der Waals surface area contributed by atoms with Crippen molar-refractivity contribution in [1.29, 1.82) is 0 Å². The van der Waals surface area contributed by atoms with E-state index >= 15 is 0 Å². The average Bonchev–Trinajstić information content (AvgIpc) is 2.19. The zero-order chi connectivity index (χ0) is 12.7. The van der Waals surface area contributed by atoms with Crippen LogP contribution in [0.25, 0.3) is 0 Å². The van der Waals surface area contributed by atoms with E-state index in [4.69, 9.17) is 4.74 Å². The van der Waals surface area contributed by atoms with Crippen LogP contribution >= 0.6 is 0 Å². The molecule has 1 rings (SSSR count). The number of nitrogens with one attached hydrogen (secondary N) is 1. The van der Waals surface area contributed by atoms with Gasteiger partial charge in [0, 0.05) is 25.2 Å². The van der Waals surface area contributed by atoms with Crippen LogP contribution in [-0.2, 0) is 4.74 Å². The standard InChI is InChI=1S/C14H30N2O/c1-5-7-16(4)8-6-9-17-14-10-13(11-14)15-12(2)3/h12-15H,5-11H2,1-4H3.